The molecule has 0 saturated carbocycles. The summed E-state index contributed by atoms with van der Waals surface area (Å²) in [5.41, 5.74) is 2.27. The maximum Gasteiger partial charge on any atom is 0.251 e. The number of morpholine rings is 1. The van der Waals surface area contributed by atoms with Crippen LogP contribution in [0.3, 0.4) is 0 Å². The van der Waals surface area contributed by atoms with Crippen molar-refractivity contribution in [2.75, 3.05) is 46.2 Å². The molecule has 2 aromatic rings. The minimum absolute atomic E-state index is 0.0215. The lowest BCUT2D eigenvalue weighted by atomic mass is 10.0. The molecule has 0 spiro atoms. The van der Waals surface area contributed by atoms with Gasteiger partial charge in [0.05, 0.1) is 32.1 Å². The van der Waals surface area contributed by atoms with Crippen molar-refractivity contribution < 1.29 is 22.7 Å². The summed E-state index contributed by atoms with van der Waals surface area (Å²) in [5, 5.41) is 3.02. The van der Waals surface area contributed by atoms with Crippen LogP contribution in [0.1, 0.15) is 27.5 Å². The Morgan fingerprint density at radius 2 is 1.73 bits per heavy atom. The van der Waals surface area contributed by atoms with Crippen LogP contribution < -0.4 is 10.1 Å². The monoisotopic (exact) mass is 432 g/mol. The highest BCUT2D eigenvalue weighted by atomic mass is 32.2. The molecule has 0 radical (unpaired) electrons. The van der Waals surface area contributed by atoms with Crippen LogP contribution in [0.5, 0.6) is 5.75 Å². The van der Waals surface area contributed by atoms with Crippen molar-refractivity contribution in [2.24, 2.45) is 0 Å². The molecule has 1 heterocycles. The lowest BCUT2D eigenvalue weighted by molar-refractivity contribution is 0.0162. The standard InChI is InChI=1S/C22H28N2O5S/c1-28-20-9-7-18(8-10-20)21(24-11-13-29-14-12-24)15-23-22(25)19-5-3-17(4-6-19)16-30(2,26)27/h3-10,21H,11-16H2,1-2H3,(H,23,25)/t21-/m0/s1. The average Bonchev–Trinajstić information content (AvgIpc) is 2.74. The van der Waals surface area contributed by atoms with Crippen molar-refractivity contribution in [2.45, 2.75) is 11.8 Å². The summed E-state index contributed by atoms with van der Waals surface area (Å²) < 4.78 is 33.6. The van der Waals surface area contributed by atoms with Gasteiger partial charge in [0.2, 0.25) is 0 Å². The third-order valence-corrected chi connectivity index (χ3v) is 5.95. The van der Waals surface area contributed by atoms with Gasteiger partial charge in [-0.25, -0.2) is 8.42 Å². The van der Waals surface area contributed by atoms with Crippen LogP contribution in [0.4, 0.5) is 0 Å². The molecule has 1 saturated heterocycles. The minimum Gasteiger partial charge on any atom is -0.497 e. The Labute approximate surface area is 177 Å². The largest absolute Gasteiger partial charge is 0.497 e. The summed E-state index contributed by atoms with van der Waals surface area (Å²) >= 11 is 0. The van der Waals surface area contributed by atoms with E-state index in [9.17, 15) is 13.2 Å². The van der Waals surface area contributed by atoms with Crippen molar-refractivity contribution in [3.63, 3.8) is 0 Å². The van der Waals surface area contributed by atoms with Crippen molar-refractivity contribution in [1.29, 1.82) is 0 Å². The Morgan fingerprint density at radius 1 is 1.10 bits per heavy atom. The molecule has 1 fully saturated rings. The number of sulfone groups is 1. The van der Waals surface area contributed by atoms with Gasteiger partial charge < -0.3 is 14.8 Å². The summed E-state index contributed by atoms with van der Waals surface area (Å²) in [6.07, 6.45) is 1.19. The molecule has 0 aromatic heterocycles. The zero-order chi connectivity index (χ0) is 21.6. The number of hydrogen-bond acceptors (Lipinski definition) is 6. The van der Waals surface area contributed by atoms with Crippen molar-refractivity contribution in [3.05, 3.63) is 65.2 Å². The molecule has 2 aromatic carbocycles. The molecule has 1 aliphatic rings. The van der Waals surface area contributed by atoms with Gasteiger partial charge in [-0.05, 0) is 35.4 Å². The van der Waals surface area contributed by atoms with Crippen LogP contribution in [-0.4, -0.2) is 65.4 Å². The lowest BCUT2D eigenvalue weighted by Gasteiger charge is -2.35. The first kappa shape index (κ1) is 22.3. The molecule has 3 rings (SSSR count). The quantitative estimate of drug-likeness (QED) is 0.687. The van der Waals surface area contributed by atoms with E-state index in [0.29, 0.717) is 30.9 Å². The van der Waals surface area contributed by atoms with E-state index in [-0.39, 0.29) is 17.7 Å². The number of methoxy groups -OCH3 is 1. The molecule has 1 amide bonds. The van der Waals surface area contributed by atoms with Crippen LogP contribution in [-0.2, 0) is 20.3 Å². The highest BCUT2D eigenvalue weighted by Gasteiger charge is 2.23. The second-order valence-corrected chi connectivity index (χ2v) is 9.55. The summed E-state index contributed by atoms with van der Waals surface area (Å²) in [6.45, 7) is 3.39. The van der Waals surface area contributed by atoms with Gasteiger partial charge in [-0.3, -0.25) is 9.69 Å². The number of hydrogen-bond donors (Lipinski definition) is 1. The van der Waals surface area contributed by atoms with Crippen LogP contribution in [0.25, 0.3) is 0 Å². The minimum atomic E-state index is -3.11. The first-order valence-electron chi connectivity index (χ1n) is 9.86. The second kappa shape index (κ2) is 10.1. The van der Waals surface area contributed by atoms with Gasteiger partial charge in [0.1, 0.15) is 5.75 Å². The lowest BCUT2D eigenvalue weighted by Crippen LogP contribution is -2.43. The van der Waals surface area contributed by atoms with Gasteiger partial charge in [-0.15, -0.1) is 0 Å². The smallest absolute Gasteiger partial charge is 0.251 e. The maximum absolute atomic E-state index is 12.7. The number of carbonyl (C=O) groups excluding carboxylic acids is 1. The van der Waals surface area contributed by atoms with E-state index < -0.39 is 9.84 Å². The molecular formula is C22H28N2O5S. The average molecular weight is 433 g/mol. The molecular weight excluding hydrogens is 404 g/mol. The molecule has 1 atom stereocenters. The van der Waals surface area contributed by atoms with Crippen LogP contribution >= 0.6 is 0 Å². The van der Waals surface area contributed by atoms with Crippen molar-refractivity contribution in [3.8, 4) is 5.75 Å². The summed E-state index contributed by atoms with van der Waals surface area (Å²) in [6, 6.07) is 14.6. The topological polar surface area (TPSA) is 84.9 Å². The van der Waals surface area contributed by atoms with E-state index in [4.69, 9.17) is 9.47 Å². The number of nitrogens with one attached hydrogen (secondary N) is 1. The SMILES string of the molecule is COc1ccc([C@H](CNC(=O)c2ccc(CS(C)(=O)=O)cc2)N2CCOCC2)cc1. The number of amides is 1. The number of ether oxygens (including phenoxy) is 2. The molecule has 1 aliphatic heterocycles. The third kappa shape index (κ3) is 6.29. The second-order valence-electron chi connectivity index (χ2n) is 7.41. The first-order valence-corrected chi connectivity index (χ1v) is 11.9. The Kier molecular flexibility index (Phi) is 7.47. The van der Waals surface area contributed by atoms with Gasteiger partial charge >= 0.3 is 0 Å². The van der Waals surface area contributed by atoms with Gasteiger partial charge in [0.15, 0.2) is 9.84 Å². The van der Waals surface area contributed by atoms with E-state index in [1.54, 1.807) is 31.4 Å². The zero-order valence-corrected chi connectivity index (χ0v) is 18.2. The van der Waals surface area contributed by atoms with Crippen LogP contribution in [0.2, 0.25) is 0 Å². The molecule has 8 heteroatoms. The van der Waals surface area contributed by atoms with E-state index in [1.165, 1.54) is 6.26 Å². The summed E-state index contributed by atoms with van der Waals surface area (Å²) in [7, 11) is -1.47. The Balaban J connectivity index is 1.68. The highest BCUT2D eigenvalue weighted by Crippen LogP contribution is 2.24. The Hall–Kier alpha value is -2.42. The first-order chi connectivity index (χ1) is 14.4. The molecule has 1 N–H and O–H groups in total. The van der Waals surface area contributed by atoms with Gasteiger partial charge in [-0.2, -0.15) is 0 Å². The molecule has 162 valence electrons. The number of carbonyl (C=O) groups is 1. The van der Waals surface area contributed by atoms with E-state index in [2.05, 4.69) is 10.2 Å². The molecule has 30 heavy (non-hydrogen) atoms. The maximum atomic E-state index is 12.7. The van der Waals surface area contributed by atoms with Gasteiger partial charge in [0.25, 0.3) is 5.91 Å². The summed E-state index contributed by atoms with van der Waals surface area (Å²) in [4.78, 5) is 15.0. The molecule has 0 unspecified atom stereocenters. The number of rotatable bonds is 8. The fraction of sp³-hybridized carbons (Fsp3) is 0.409. The fourth-order valence-corrected chi connectivity index (χ4v) is 4.32. The predicted octanol–water partition coefficient (Wildman–Crippen LogP) is 2.04. The van der Waals surface area contributed by atoms with Crippen LogP contribution in [0.15, 0.2) is 48.5 Å². The van der Waals surface area contributed by atoms with E-state index in [0.717, 1.165) is 24.4 Å². The van der Waals surface area contributed by atoms with Gasteiger partial charge in [-0.1, -0.05) is 24.3 Å². The van der Waals surface area contributed by atoms with E-state index >= 15 is 0 Å². The molecule has 7 nitrogen and oxygen atoms in total. The fourth-order valence-electron chi connectivity index (χ4n) is 3.52. The predicted molar refractivity (Wildman–Crippen MR) is 115 cm³/mol. The highest BCUT2D eigenvalue weighted by molar-refractivity contribution is 7.89. The van der Waals surface area contributed by atoms with Crippen LogP contribution in [0, 0.1) is 0 Å². The van der Waals surface area contributed by atoms with Crippen molar-refractivity contribution >= 4 is 15.7 Å². The summed E-state index contributed by atoms with van der Waals surface area (Å²) in [5.74, 6) is 0.566. The van der Waals surface area contributed by atoms with Gasteiger partial charge in [0, 0.05) is 31.5 Å². The molecule has 0 aliphatic carbocycles. The number of nitrogens with zero attached hydrogens (tertiary/aromatic N) is 1. The van der Waals surface area contributed by atoms with E-state index in [1.807, 2.05) is 24.3 Å². The normalized spacial score (nSPS) is 16.1. The van der Waals surface area contributed by atoms with Crippen molar-refractivity contribution in [1.82, 2.24) is 10.2 Å². The zero-order valence-electron chi connectivity index (χ0n) is 17.3. The molecule has 0 bridgehead atoms. The Bertz CT molecular complexity index is 936. The Morgan fingerprint density at radius 3 is 2.30 bits per heavy atom. The third-order valence-electron chi connectivity index (χ3n) is 5.09. The number of benzene rings is 2.